The number of carbonyl (C=O) groups is 2. The van der Waals surface area contributed by atoms with Gasteiger partial charge in [-0.05, 0) is 55.2 Å². The molecule has 38 heavy (non-hydrogen) atoms. The van der Waals surface area contributed by atoms with Crippen molar-refractivity contribution in [1.29, 1.82) is 0 Å². The summed E-state index contributed by atoms with van der Waals surface area (Å²) in [6.07, 6.45) is -1.72. The van der Waals surface area contributed by atoms with Crippen LogP contribution in [0.2, 0.25) is 5.02 Å². The molecule has 2 atom stereocenters. The molecule has 6 nitrogen and oxygen atoms in total. The summed E-state index contributed by atoms with van der Waals surface area (Å²) in [6.45, 7) is 1.76. The third-order valence-corrected chi connectivity index (χ3v) is 8.46. The van der Waals surface area contributed by atoms with Crippen molar-refractivity contribution in [2.75, 3.05) is 45.7 Å². The molecule has 1 saturated heterocycles. The number of likely N-dealkylation sites (N-methyl/N-ethyl adjacent to an activating group) is 1. The Labute approximate surface area is 226 Å². The summed E-state index contributed by atoms with van der Waals surface area (Å²) < 4.78 is 41.6. The van der Waals surface area contributed by atoms with Crippen LogP contribution >= 0.6 is 11.6 Å². The lowest BCUT2D eigenvalue weighted by atomic mass is 9.89. The average Bonchev–Trinajstić information content (AvgIpc) is 3.57. The summed E-state index contributed by atoms with van der Waals surface area (Å²) in [7, 11) is 4.67. The highest BCUT2D eigenvalue weighted by atomic mass is 35.5. The Morgan fingerprint density at radius 2 is 1.71 bits per heavy atom. The number of benzene rings is 2. The van der Waals surface area contributed by atoms with Gasteiger partial charge >= 0.3 is 6.18 Å². The number of anilines is 1. The normalized spacial score (nSPS) is 20.1. The van der Waals surface area contributed by atoms with E-state index in [0.29, 0.717) is 22.9 Å². The maximum absolute atomic E-state index is 13.9. The molecular weight excluding hydrogens is 519 g/mol. The van der Waals surface area contributed by atoms with Crippen molar-refractivity contribution in [3.8, 4) is 0 Å². The lowest BCUT2D eigenvalue weighted by Crippen LogP contribution is -2.55. The fourth-order valence-electron chi connectivity index (χ4n) is 5.59. The first-order valence-electron chi connectivity index (χ1n) is 12.7. The minimum atomic E-state index is -5.14. The van der Waals surface area contributed by atoms with Crippen LogP contribution in [0.1, 0.15) is 41.6 Å². The van der Waals surface area contributed by atoms with Crippen molar-refractivity contribution in [2.24, 2.45) is 11.3 Å². The van der Waals surface area contributed by atoms with Crippen LogP contribution in [0.25, 0.3) is 0 Å². The van der Waals surface area contributed by atoms with Crippen molar-refractivity contribution >= 4 is 29.1 Å². The van der Waals surface area contributed by atoms with Gasteiger partial charge in [0, 0.05) is 52.0 Å². The first kappa shape index (κ1) is 28.2. The van der Waals surface area contributed by atoms with E-state index in [4.69, 9.17) is 11.6 Å². The van der Waals surface area contributed by atoms with Crippen molar-refractivity contribution in [1.82, 2.24) is 9.80 Å². The Kier molecular flexibility index (Phi) is 7.74. The zero-order valence-electron chi connectivity index (χ0n) is 21.8. The Balaban J connectivity index is 1.33. The second kappa shape index (κ2) is 10.4. The highest BCUT2D eigenvalue weighted by Gasteiger charge is 2.62. The van der Waals surface area contributed by atoms with E-state index in [9.17, 15) is 27.9 Å². The van der Waals surface area contributed by atoms with Gasteiger partial charge in [-0.25, -0.2) is 0 Å². The molecule has 1 saturated carbocycles. The van der Waals surface area contributed by atoms with Crippen LogP contribution in [-0.4, -0.2) is 73.7 Å². The zero-order valence-corrected chi connectivity index (χ0v) is 22.5. The molecule has 1 aliphatic heterocycles. The molecule has 0 bridgehead atoms. The molecule has 4 rings (SSSR count). The topological polar surface area (TPSA) is 64.1 Å². The van der Waals surface area contributed by atoms with E-state index in [0.717, 1.165) is 55.1 Å². The number of hydrogen-bond donors (Lipinski definition) is 1. The molecule has 0 aromatic heterocycles. The quantitative estimate of drug-likeness (QED) is 0.529. The number of carbonyl (C=O) groups excluding carboxylic acids is 2. The summed E-state index contributed by atoms with van der Waals surface area (Å²) >= 11 is 6.38. The van der Waals surface area contributed by atoms with E-state index >= 15 is 0 Å². The Morgan fingerprint density at radius 1 is 1.08 bits per heavy atom. The molecule has 2 fully saturated rings. The largest absolute Gasteiger partial charge is 0.430 e. The number of amides is 2. The molecule has 206 valence electrons. The summed E-state index contributed by atoms with van der Waals surface area (Å²) in [4.78, 5) is 29.8. The van der Waals surface area contributed by atoms with E-state index in [1.807, 2.05) is 12.1 Å². The van der Waals surface area contributed by atoms with Gasteiger partial charge in [-0.15, -0.1) is 0 Å². The summed E-state index contributed by atoms with van der Waals surface area (Å²) in [5, 5.41) is 11.0. The number of hydrogen-bond acceptors (Lipinski definition) is 4. The SMILES string of the molecule is CN(C)C(=O)c1ccc(N2CCC3(CC2)C[C@H]3CCN(C)C(=O)C(O)(c2ccccc2)C(F)(F)F)cc1Cl. The zero-order chi connectivity index (χ0) is 27.9. The van der Waals surface area contributed by atoms with Crippen molar-refractivity contribution in [2.45, 2.75) is 37.5 Å². The van der Waals surface area contributed by atoms with Gasteiger partial charge in [0.15, 0.2) is 0 Å². The Bertz CT molecular complexity index is 1180. The van der Waals surface area contributed by atoms with Crippen molar-refractivity contribution < 1.29 is 27.9 Å². The van der Waals surface area contributed by atoms with E-state index in [-0.39, 0.29) is 17.9 Å². The molecular formula is C28H33ClF3N3O3. The van der Waals surface area contributed by atoms with Gasteiger partial charge in [-0.2, -0.15) is 13.2 Å². The molecule has 1 N–H and O–H groups in total. The molecule has 2 aromatic rings. The second-order valence-corrected chi connectivity index (χ2v) is 11.1. The highest BCUT2D eigenvalue weighted by molar-refractivity contribution is 6.34. The van der Waals surface area contributed by atoms with Crippen LogP contribution in [0.15, 0.2) is 48.5 Å². The van der Waals surface area contributed by atoms with Gasteiger partial charge < -0.3 is 19.8 Å². The van der Waals surface area contributed by atoms with E-state index < -0.39 is 23.2 Å². The monoisotopic (exact) mass is 551 g/mol. The predicted octanol–water partition coefficient (Wildman–Crippen LogP) is 4.95. The van der Waals surface area contributed by atoms with Crippen LogP contribution in [-0.2, 0) is 10.4 Å². The van der Waals surface area contributed by atoms with E-state index in [1.165, 1.54) is 30.1 Å². The minimum Gasteiger partial charge on any atom is -0.371 e. The predicted molar refractivity (Wildman–Crippen MR) is 140 cm³/mol. The molecule has 2 aliphatic rings. The average molecular weight is 552 g/mol. The standard InChI is InChI=1S/C28H33ClF3N3O3/c1-33(2)24(36)22-10-9-21(17-23(22)29)35-15-12-26(13-16-35)18-20(26)11-14-34(3)25(37)27(38,28(30,31)32)19-7-5-4-6-8-19/h4-10,17,20,38H,11-16,18H2,1-3H3/t20-,27?/m1/s1. The highest BCUT2D eigenvalue weighted by Crippen LogP contribution is 2.61. The molecule has 2 amide bonds. The van der Waals surface area contributed by atoms with Crippen LogP contribution in [0.4, 0.5) is 18.9 Å². The fourth-order valence-corrected chi connectivity index (χ4v) is 5.85. The molecule has 0 radical (unpaired) electrons. The van der Waals surface area contributed by atoms with Crippen molar-refractivity contribution in [3.63, 3.8) is 0 Å². The van der Waals surface area contributed by atoms with Crippen LogP contribution in [0, 0.1) is 11.3 Å². The fraction of sp³-hybridized carbons (Fsp3) is 0.500. The Hall–Kier alpha value is -2.78. The first-order valence-corrected chi connectivity index (χ1v) is 13.0. The molecule has 1 spiro atoms. The van der Waals surface area contributed by atoms with Gasteiger partial charge in [-0.1, -0.05) is 41.9 Å². The number of piperidine rings is 1. The molecule has 2 aromatic carbocycles. The van der Waals surface area contributed by atoms with Crippen LogP contribution in [0.3, 0.4) is 0 Å². The molecule has 10 heteroatoms. The second-order valence-electron chi connectivity index (χ2n) is 10.7. The number of rotatable bonds is 7. The third-order valence-electron chi connectivity index (χ3n) is 8.14. The van der Waals surface area contributed by atoms with Crippen LogP contribution < -0.4 is 4.90 Å². The summed E-state index contributed by atoms with van der Waals surface area (Å²) in [6, 6.07) is 12.0. The first-order chi connectivity index (χ1) is 17.8. The molecule has 1 unspecified atom stereocenters. The maximum atomic E-state index is 13.9. The smallest absolute Gasteiger partial charge is 0.371 e. The molecule has 1 heterocycles. The lowest BCUT2D eigenvalue weighted by Gasteiger charge is -2.35. The maximum Gasteiger partial charge on any atom is 0.430 e. The number of nitrogens with zero attached hydrogens (tertiary/aromatic N) is 3. The number of alkyl halides is 3. The third kappa shape index (κ3) is 5.23. The molecule has 1 aliphatic carbocycles. The van der Waals surface area contributed by atoms with Gasteiger partial charge in [0.25, 0.3) is 17.4 Å². The number of aliphatic hydroxyl groups is 1. The van der Waals surface area contributed by atoms with E-state index in [1.54, 1.807) is 20.2 Å². The van der Waals surface area contributed by atoms with Gasteiger partial charge in [0.2, 0.25) is 0 Å². The van der Waals surface area contributed by atoms with Gasteiger partial charge in [-0.3, -0.25) is 9.59 Å². The van der Waals surface area contributed by atoms with Crippen molar-refractivity contribution in [3.05, 3.63) is 64.7 Å². The number of halogens is 4. The summed E-state index contributed by atoms with van der Waals surface area (Å²) in [5.41, 5.74) is -2.53. The minimum absolute atomic E-state index is 0.130. The summed E-state index contributed by atoms with van der Waals surface area (Å²) in [5.74, 6) is -1.20. The van der Waals surface area contributed by atoms with Gasteiger partial charge in [0.05, 0.1) is 10.6 Å². The van der Waals surface area contributed by atoms with Crippen LogP contribution in [0.5, 0.6) is 0 Å². The Morgan fingerprint density at radius 3 is 2.26 bits per heavy atom. The van der Waals surface area contributed by atoms with Gasteiger partial charge in [0.1, 0.15) is 0 Å². The lowest BCUT2D eigenvalue weighted by molar-refractivity contribution is -0.261. The van der Waals surface area contributed by atoms with E-state index in [2.05, 4.69) is 4.90 Å².